The van der Waals surface area contributed by atoms with Crippen molar-refractivity contribution in [1.82, 2.24) is 25.1 Å². The Bertz CT molecular complexity index is 615. The molecule has 1 aromatic heterocycles. The fourth-order valence-electron chi connectivity index (χ4n) is 2.38. The third kappa shape index (κ3) is 3.73. The molecular weight excluding hydrogens is 314 g/mol. The van der Waals surface area contributed by atoms with Crippen molar-refractivity contribution in [3.05, 3.63) is 0 Å². The number of hydrogen-bond acceptors (Lipinski definition) is 7. The largest absolute Gasteiger partial charge is 0.338 e. The van der Waals surface area contributed by atoms with Gasteiger partial charge in [-0.05, 0) is 30.7 Å². The van der Waals surface area contributed by atoms with E-state index in [0.717, 1.165) is 0 Å². The summed E-state index contributed by atoms with van der Waals surface area (Å²) < 4.78 is 24.7. The van der Waals surface area contributed by atoms with E-state index < -0.39 is 9.84 Å². The smallest absolute Gasteiger partial charge is 0.236 e. The molecule has 0 unspecified atom stereocenters. The monoisotopic (exact) mass is 333 g/mol. The molecule has 1 saturated heterocycles. The molecule has 0 saturated carbocycles. The van der Waals surface area contributed by atoms with Crippen LogP contribution in [0.15, 0.2) is 5.16 Å². The van der Waals surface area contributed by atoms with Crippen LogP contribution in [0.5, 0.6) is 0 Å². The van der Waals surface area contributed by atoms with Gasteiger partial charge in [-0.1, -0.05) is 11.8 Å². The molecular formula is C11H19N5O3S2. The second-order valence-electron chi connectivity index (χ2n) is 5.03. The highest BCUT2D eigenvalue weighted by molar-refractivity contribution is 8.00. The second-order valence-corrected chi connectivity index (χ2v) is 8.56. The van der Waals surface area contributed by atoms with E-state index in [2.05, 4.69) is 15.5 Å². The van der Waals surface area contributed by atoms with Crippen molar-refractivity contribution in [2.24, 2.45) is 7.05 Å². The molecule has 0 radical (unpaired) electrons. The summed E-state index contributed by atoms with van der Waals surface area (Å²) in [6.07, 6.45) is 0.519. The first-order valence-corrected chi connectivity index (χ1v) is 9.44. The van der Waals surface area contributed by atoms with Crippen molar-refractivity contribution in [3.8, 4) is 0 Å². The van der Waals surface area contributed by atoms with Crippen LogP contribution in [0.4, 0.5) is 0 Å². The van der Waals surface area contributed by atoms with Gasteiger partial charge in [0.25, 0.3) is 0 Å². The Morgan fingerprint density at radius 2 is 2.29 bits per heavy atom. The van der Waals surface area contributed by atoms with Crippen LogP contribution in [0.25, 0.3) is 0 Å². The number of aryl methyl sites for hydroxylation is 1. The number of nitrogens with zero attached hydrogens (tertiary/aromatic N) is 5. The number of tetrazole rings is 1. The first-order valence-electron chi connectivity index (χ1n) is 6.74. The molecule has 0 aliphatic carbocycles. The number of sulfone groups is 1. The lowest BCUT2D eigenvalue weighted by atomic mass is 10.2. The van der Waals surface area contributed by atoms with Gasteiger partial charge in [-0.3, -0.25) is 4.79 Å². The van der Waals surface area contributed by atoms with Crippen molar-refractivity contribution in [1.29, 1.82) is 0 Å². The van der Waals surface area contributed by atoms with Crippen molar-refractivity contribution >= 4 is 27.5 Å². The first kappa shape index (κ1) is 16.2. The second kappa shape index (κ2) is 6.30. The molecule has 1 aliphatic heterocycles. The van der Waals surface area contributed by atoms with Gasteiger partial charge in [0.2, 0.25) is 11.1 Å². The van der Waals surface area contributed by atoms with Gasteiger partial charge in [0.15, 0.2) is 9.84 Å². The highest BCUT2D eigenvalue weighted by atomic mass is 32.2. The number of hydrogen-bond donors (Lipinski definition) is 0. The summed E-state index contributed by atoms with van der Waals surface area (Å²) in [5.41, 5.74) is 0. The minimum Gasteiger partial charge on any atom is -0.338 e. The molecule has 2 heterocycles. The van der Waals surface area contributed by atoms with E-state index in [1.54, 1.807) is 18.9 Å². The topological polar surface area (TPSA) is 98.1 Å². The Balaban J connectivity index is 2.04. The first-order chi connectivity index (χ1) is 9.84. The highest BCUT2D eigenvalue weighted by Crippen LogP contribution is 2.24. The quantitative estimate of drug-likeness (QED) is 0.684. The maximum atomic E-state index is 12.5. The Morgan fingerprint density at radius 1 is 1.57 bits per heavy atom. The van der Waals surface area contributed by atoms with E-state index in [-0.39, 0.29) is 28.7 Å². The van der Waals surface area contributed by atoms with Crippen molar-refractivity contribution in [2.45, 2.75) is 36.7 Å². The van der Waals surface area contributed by atoms with Gasteiger partial charge in [-0.2, -0.15) is 0 Å². The van der Waals surface area contributed by atoms with Crippen molar-refractivity contribution in [3.63, 3.8) is 0 Å². The van der Waals surface area contributed by atoms with Crippen LogP contribution in [-0.2, 0) is 21.7 Å². The lowest BCUT2D eigenvalue weighted by molar-refractivity contribution is -0.131. The van der Waals surface area contributed by atoms with E-state index >= 15 is 0 Å². The van der Waals surface area contributed by atoms with Gasteiger partial charge >= 0.3 is 0 Å². The van der Waals surface area contributed by atoms with Crippen molar-refractivity contribution < 1.29 is 13.2 Å². The molecule has 1 amide bonds. The minimum absolute atomic E-state index is 0.0650. The number of carbonyl (C=O) groups is 1. The number of carbonyl (C=O) groups excluding carboxylic acids is 1. The van der Waals surface area contributed by atoms with Crippen LogP contribution in [0, 0.1) is 0 Å². The number of rotatable bonds is 5. The summed E-state index contributed by atoms with van der Waals surface area (Å²) in [5.74, 6) is 0.152. The van der Waals surface area contributed by atoms with Gasteiger partial charge in [-0.15, -0.1) is 5.10 Å². The number of amides is 1. The number of aromatic nitrogens is 4. The predicted octanol–water partition coefficient (Wildman–Crippen LogP) is -0.274. The van der Waals surface area contributed by atoms with Crippen LogP contribution >= 0.6 is 11.8 Å². The fourth-order valence-corrected chi connectivity index (χ4v) is 4.93. The third-order valence-electron chi connectivity index (χ3n) is 3.48. The lowest BCUT2D eigenvalue weighted by Crippen LogP contribution is -2.44. The number of thioether (sulfide) groups is 1. The zero-order chi connectivity index (χ0) is 15.6. The Morgan fingerprint density at radius 3 is 2.76 bits per heavy atom. The molecule has 2 atom stereocenters. The maximum absolute atomic E-state index is 12.5. The molecule has 0 N–H and O–H groups in total. The van der Waals surface area contributed by atoms with Crippen LogP contribution in [0.1, 0.15) is 20.3 Å². The average molecular weight is 333 g/mol. The molecule has 0 aromatic carbocycles. The highest BCUT2D eigenvalue weighted by Gasteiger charge is 2.35. The van der Waals surface area contributed by atoms with Crippen LogP contribution in [-0.4, -0.2) is 68.8 Å². The summed E-state index contributed by atoms with van der Waals surface area (Å²) in [7, 11) is -1.29. The van der Waals surface area contributed by atoms with Gasteiger partial charge in [0.05, 0.1) is 16.8 Å². The molecule has 21 heavy (non-hydrogen) atoms. The lowest BCUT2D eigenvalue weighted by Gasteiger charge is -2.29. The summed E-state index contributed by atoms with van der Waals surface area (Å²) in [4.78, 5) is 14.2. The van der Waals surface area contributed by atoms with E-state index in [9.17, 15) is 13.2 Å². The Hall–Kier alpha value is -1.16. The minimum atomic E-state index is -3.00. The Kier molecular flexibility index (Phi) is 4.87. The molecule has 10 heteroatoms. The molecule has 1 fully saturated rings. The summed E-state index contributed by atoms with van der Waals surface area (Å²) in [5, 5.41) is 11.3. The standard InChI is InChI=1S/C11H19N5O3S2/c1-4-16(9-5-6-21(18,19)7-9)10(17)8(2)20-11-12-13-14-15(11)3/h8-9H,4-7H2,1-3H3/t8-,9+/m0/s1. The summed E-state index contributed by atoms with van der Waals surface area (Å²) in [6, 6.07) is -0.215. The van der Waals surface area contributed by atoms with Gasteiger partial charge < -0.3 is 4.90 Å². The third-order valence-corrected chi connectivity index (χ3v) is 6.35. The van der Waals surface area contributed by atoms with Gasteiger partial charge in [0, 0.05) is 19.6 Å². The van der Waals surface area contributed by atoms with Crippen LogP contribution in [0.3, 0.4) is 0 Å². The molecule has 2 rings (SSSR count). The van der Waals surface area contributed by atoms with Crippen LogP contribution in [0.2, 0.25) is 0 Å². The normalized spacial score (nSPS) is 22.1. The van der Waals surface area contributed by atoms with E-state index in [1.807, 2.05) is 6.92 Å². The predicted molar refractivity (Wildman–Crippen MR) is 78.6 cm³/mol. The van der Waals surface area contributed by atoms with Crippen molar-refractivity contribution in [2.75, 3.05) is 18.1 Å². The zero-order valence-electron chi connectivity index (χ0n) is 12.3. The van der Waals surface area contributed by atoms with E-state index in [4.69, 9.17) is 0 Å². The van der Waals surface area contributed by atoms with Crippen LogP contribution < -0.4 is 0 Å². The summed E-state index contributed by atoms with van der Waals surface area (Å²) >= 11 is 1.27. The van der Waals surface area contributed by atoms with E-state index in [1.165, 1.54) is 16.4 Å². The summed E-state index contributed by atoms with van der Waals surface area (Å²) in [6.45, 7) is 4.15. The fraction of sp³-hybridized carbons (Fsp3) is 0.818. The zero-order valence-corrected chi connectivity index (χ0v) is 13.9. The molecule has 1 aromatic rings. The Labute approximate surface area is 128 Å². The van der Waals surface area contributed by atoms with Gasteiger partial charge in [0.1, 0.15) is 0 Å². The average Bonchev–Trinajstić information content (AvgIpc) is 2.97. The SMILES string of the molecule is CCN(C(=O)[C@H](C)Sc1nnnn1C)[C@@H]1CCS(=O)(=O)C1. The molecule has 0 spiro atoms. The maximum Gasteiger partial charge on any atom is 0.236 e. The molecule has 0 bridgehead atoms. The molecule has 8 nitrogen and oxygen atoms in total. The van der Waals surface area contributed by atoms with E-state index in [0.29, 0.717) is 18.1 Å². The molecule has 1 aliphatic rings. The van der Waals surface area contributed by atoms with Gasteiger partial charge in [-0.25, -0.2) is 13.1 Å². The molecule has 118 valence electrons.